The number of aromatic nitrogens is 1. The van der Waals surface area contributed by atoms with Gasteiger partial charge in [-0.3, -0.25) is 4.79 Å². The standard InChI is InChI=1S/C21H29N3O3S/c1-2-16-28(26,27)23-19-12-14-24(15-13-19)21(25)11-9-18-8-10-20(22-18)17-6-4-3-5-7-17/h3-8,10,19,22-23H,2,9,11-16H2,1H3. The molecule has 0 unspecified atom stereocenters. The molecule has 1 aromatic carbocycles. The molecule has 0 bridgehead atoms. The van der Waals surface area contributed by atoms with Crippen LogP contribution < -0.4 is 4.72 Å². The first-order chi connectivity index (χ1) is 13.5. The Morgan fingerprint density at radius 1 is 1.14 bits per heavy atom. The summed E-state index contributed by atoms with van der Waals surface area (Å²) in [5.74, 6) is 0.290. The van der Waals surface area contributed by atoms with Gasteiger partial charge in [-0.2, -0.15) is 0 Å². The fraction of sp³-hybridized carbons (Fsp3) is 0.476. The van der Waals surface area contributed by atoms with Crippen molar-refractivity contribution >= 4 is 15.9 Å². The van der Waals surface area contributed by atoms with Crippen molar-refractivity contribution < 1.29 is 13.2 Å². The van der Waals surface area contributed by atoms with Gasteiger partial charge in [-0.15, -0.1) is 0 Å². The van der Waals surface area contributed by atoms with Gasteiger partial charge in [-0.25, -0.2) is 13.1 Å². The fourth-order valence-corrected chi connectivity index (χ4v) is 5.00. The molecule has 3 rings (SSSR count). The van der Waals surface area contributed by atoms with Gasteiger partial charge in [-0.05, 0) is 43.4 Å². The molecule has 1 fully saturated rings. The molecule has 1 amide bonds. The minimum atomic E-state index is -3.19. The van der Waals surface area contributed by atoms with E-state index >= 15 is 0 Å². The number of hydrogen-bond donors (Lipinski definition) is 2. The number of sulfonamides is 1. The van der Waals surface area contributed by atoms with E-state index in [-0.39, 0.29) is 17.7 Å². The van der Waals surface area contributed by atoms with E-state index < -0.39 is 10.0 Å². The molecule has 2 heterocycles. The van der Waals surface area contributed by atoms with Crippen LogP contribution in [0.15, 0.2) is 42.5 Å². The van der Waals surface area contributed by atoms with Crippen LogP contribution in [0.4, 0.5) is 0 Å². The van der Waals surface area contributed by atoms with Crippen LogP contribution in [0.5, 0.6) is 0 Å². The monoisotopic (exact) mass is 403 g/mol. The van der Waals surface area contributed by atoms with Crippen molar-refractivity contribution in [2.45, 2.75) is 45.1 Å². The van der Waals surface area contributed by atoms with Crippen LogP contribution in [0.1, 0.15) is 38.3 Å². The molecular weight excluding hydrogens is 374 g/mol. The van der Waals surface area contributed by atoms with Crippen molar-refractivity contribution in [1.82, 2.24) is 14.6 Å². The number of aryl methyl sites for hydroxylation is 1. The highest BCUT2D eigenvalue weighted by Crippen LogP contribution is 2.19. The summed E-state index contributed by atoms with van der Waals surface area (Å²) in [4.78, 5) is 17.8. The van der Waals surface area contributed by atoms with Crippen LogP contribution in [0.3, 0.4) is 0 Å². The minimum absolute atomic E-state index is 0.0579. The van der Waals surface area contributed by atoms with Crippen molar-refractivity contribution in [1.29, 1.82) is 0 Å². The van der Waals surface area contributed by atoms with Crippen LogP contribution in [0, 0.1) is 0 Å². The number of H-pyrrole nitrogens is 1. The normalized spacial score (nSPS) is 15.7. The van der Waals surface area contributed by atoms with Crippen molar-refractivity contribution in [3.05, 3.63) is 48.2 Å². The average molecular weight is 404 g/mol. The maximum Gasteiger partial charge on any atom is 0.222 e. The molecule has 152 valence electrons. The minimum Gasteiger partial charge on any atom is -0.358 e. The predicted octanol–water partition coefficient (Wildman–Crippen LogP) is 2.93. The zero-order chi connectivity index (χ0) is 20.0. The number of hydrogen-bond acceptors (Lipinski definition) is 3. The Morgan fingerprint density at radius 3 is 2.54 bits per heavy atom. The largest absolute Gasteiger partial charge is 0.358 e. The molecule has 7 heteroatoms. The molecule has 0 radical (unpaired) electrons. The molecule has 0 aliphatic carbocycles. The van der Waals surface area contributed by atoms with Gasteiger partial charge >= 0.3 is 0 Å². The van der Waals surface area contributed by atoms with E-state index in [4.69, 9.17) is 0 Å². The molecule has 1 saturated heterocycles. The molecule has 1 aliphatic heterocycles. The SMILES string of the molecule is CCCS(=O)(=O)NC1CCN(C(=O)CCc2ccc(-c3ccccc3)[nH]2)CC1. The van der Waals surface area contributed by atoms with Crippen LogP contribution in [-0.4, -0.2) is 49.1 Å². The third-order valence-electron chi connectivity index (χ3n) is 5.11. The maximum absolute atomic E-state index is 12.5. The summed E-state index contributed by atoms with van der Waals surface area (Å²) in [7, 11) is -3.19. The smallest absolute Gasteiger partial charge is 0.222 e. The van der Waals surface area contributed by atoms with Gasteiger partial charge in [0.1, 0.15) is 0 Å². The van der Waals surface area contributed by atoms with Gasteiger partial charge in [0.15, 0.2) is 0 Å². The second-order valence-corrected chi connectivity index (χ2v) is 9.23. The Bertz CT molecular complexity index is 869. The number of carbonyl (C=O) groups is 1. The van der Waals surface area contributed by atoms with E-state index in [0.717, 1.165) is 17.0 Å². The predicted molar refractivity (Wildman–Crippen MR) is 111 cm³/mol. The van der Waals surface area contributed by atoms with Crippen LogP contribution in [0.2, 0.25) is 0 Å². The summed E-state index contributed by atoms with van der Waals surface area (Å²) in [5.41, 5.74) is 3.24. The fourth-order valence-electron chi connectivity index (χ4n) is 3.60. The molecule has 0 spiro atoms. The topological polar surface area (TPSA) is 82.3 Å². The summed E-state index contributed by atoms with van der Waals surface area (Å²) < 4.78 is 26.5. The highest BCUT2D eigenvalue weighted by atomic mass is 32.2. The number of aromatic amines is 1. The van der Waals surface area contributed by atoms with Crippen molar-refractivity contribution in [3.8, 4) is 11.3 Å². The second kappa shape index (κ2) is 9.39. The summed E-state index contributed by atoms with van der Waals surface area (Å²) in [6.07, 6.45) is 3.10. The van der Waals surface area contributed by atoms with Gasteiger partial charge in [0, 0.05) is 36.9 Å². The highest BCUT2D eigenvalue weighted by Gasteiger charge is 2.25. The number of amides is 1. The van der Waals surface area contributed by atoms with Crippen LogP contribution in [-0.2, 0) is 21.2 Å². The lowest BCUT2D eigenvalue weighted by Crippen LogP contribution is -2.47. The first kappa shape index (κ1) is 20.6. The molecule has 6 nitrogen and oxygen atoms in total. The van der Waals surface area contributed by atoms with E-state index in [0.29, 0.717) is 45.2 Å². The van der Waals surface area contributed by atoms with Crippen molar-refractivity contribution in [2.75, 3.05) is 18.8 Å². The average Bonchev–Trinajstić information content (AvgIpc) is 3.16. The summed E-state index contributed by atoms with van der Waals surface area (Å²) >= 11 is 0. The van der Waals surface area contributed by atoms with Gasteiger partial charge in [0.2, 0.25) is 15.9 Å². The highest BCUT2D eigenvalue weighted by molar-refractivity contribution is 7.89. The number of likely N-dealkylation sites (tertiary alicyclic amines) is 1. The number of nitrogens with one attached hydrogen (secondary N) is 2. The molecule has 2 N–H and O–H groups in total. The molecule has 28 heavy (non-hydrogen) atoms. The Hall–Kier alpha value is -2.12. The van der Waals surface area contributed by atoms with E-state index in [1.807, 2.05) is 42.2 Å². The zero-order valence-electron chi connectivity index (χ0n) is 16.4. The second-order valence-electron chi connectivity index (χ2n) is 7.36. The third kappa shape index (κ3) is 5.69. The quantitative estimate of drug-likeness (QED) is 0.711. The first-order valence-electron chi connectivity index (χ1n) is 9.98. The van der Waals surface area contributed by atoms with Crippen molar-refractivity contribution in [3.63, 3.8) is 0 Å². The Balaban J connectivity index is 1.45. The van der Waals surface area contributed by atoms with Crippen LogP contribution in [0.25, 0.3) is 11.3 Å². The van der Waals surface area contributed by atoms with E-state index in [1.165, 1.54) is 0 Å². The zero-order valence-corrected chi connectivity index (χ0v) is 17.2. The number of rotatable bonds is 8. The van der Waals surface area contributed by atoms with E-state index in [1.54, 1.807) is 0 Å². The Morgan fingerprint density at radius 2 is 1.86 bits per heavy atom. The summed E-state index contributed by atoms with van der Waals surface area (Å²) in [6.45, 7) is 3.07. The Kier molecular flexibility index (Phi) is 6.91. The van der Waals surface area contributed by atoms with E-state index in [2.05, 4.69) is 21.8 Å². The number of carbonyl (C=O) groups excluding carboxylic acids is 1. The first-order valence-corrected chi connectivity index (χ1v) is 11.6. The molecule has 1 aromatic heterocycles. The van der Waals surface area contributed by atoms with Crippen molar-refractivity contribution in [2.24, 2.45) is 0 Å². The van der Waals surface area contributed by atoms with Gasteiger partial charge in [0.25, 0.3) is 0 Å². The third-order valence-corrected chi connectivity index (χ3v) is 6.74. The lowest BCUT2D eigenvalue weighted by molar-refractivity contribution is -0.132. The summed E-state index contributed by atoms with van der Waals surface area (Å²) in [5, 5.41) is 0. The number of benzene rings is 1. The van der Waals surface area contributed by atoms with Gasteiger partial charge in [-0.1, -0.05) is 37.3 Å². The number of piperidine rings is 1. The number of nitrogens with zero attached hydrogens (tertiary/aromatic N) is 1. The molecule has 0 atom stereocenters. The lowest BCUT2D eigenvalue weighted by Gasteiger charge is -2.32. The maximum atomic E-state index is 12.5. The molecule has 0 saturated carbocycles. The molecular formula is C21H29N3O3S. The van der Waals surface area contributed by atoms with Gasteiger partial charge in [0.05, 0.1) is 5.75 Å². The van der Waals surface area contributed by atoms with Crippen LogP contribution >= 0.6 is 0 Å². The Labute approximate surface area is 167 Å². The lowest BCUT2D eigenvalue weighted by atomic mass is 10.1. The molecule has 2 aromatic rings. The van der Waals surface area contributed by atoms with Gasteiger partial charge < -0.3 is 9.88 Å². The molecule has 1 aliphatic rings. The van der Waals surface area contributed by atoms with E-state index in [9.17, 15) is 13.2 Å². The summed E-state index contributed by atoms with van der Waals surface area (Å²) in [6, 6.07) is 14.1.